The second-order valence-corrected chi connectivity index (χ2v) is 6.01. The zero-order valence-electron chi connectivity index (χ0n) is 10.7. The van der Waals surface area contributed by atoms with E-state index in [1.165, 1.54) is 0 Å². The van der Waals surface area contributed by atoms with Gasteiger partial charge in [0.2, 0.25) is 0 Å². The van der Waals surface area contributed by atoms with Crippen LogP contribution in [-0.2, 0) is 4.74 Å². The molecule has 0 aromatic rings. The molecule has 0 aromatic heterocycles. The summed E-state index contributed by atoms with van der Waals surface area (Å²) < 4.78 is 5.74. The maximum absolute atomic E-state index is 10.9. The fraction of sp³-hybridized carbons (Fsp3) is 0.846. The van der Waals surface area contributed by atoms with E-state index in [0.717, 1.165) is 0 Å². The fourth-order valence-electron chi connectivity index (χ4n) is 3.30. The van der Waals surface area contributed by atoms with Crippen molar-refractivity contribution in [2.24, 2.45) is 5.41 Å². The molecule has 1 aliphatic heterocycles. The molecule has 1 saturated heterocycles. The first-order chi connectivity index (χ1) is 7.72. The normalized spacial score (nSPS) is 52.0. The number of aliphatic hydroxyl groups excluding tert-OH is 2. The standard InChI is InChI=1S/C13H22O4/c1-9(14)4-5-13(16)11(2)6-10(15)7-12(13,3)17-8-11/h4-5,9-10,14-16H,6-8H2,1-3H3/b5-4+/t9-,10-,11+,12-,13+/m0/s1. The molecule has 2 aliphatic rings. The van der Waals surface area contributed by atoms with Gasteiger partial charge in [-0.3, -0.25) is 0 Å². The van der Waals surface area contributed by atoms with Gasteiger partial charge in [-0.2, -0.15) is 0 Å². The third kappa shape index (κ3) is 1.74. The predicted octanol–water partition coefficient (Wildman–Crippen LogP) is 0.604. The average molecular weight is 242 g/mol. The molecule has 1 aliphatic carbocycles. The van der Waals surface area contributed by atoms with Crippen molar-refractivity contribution in [3.63, 3.8) is 0 Å². The molecule has 17 heavy (non-hydrogen) atoms. The van der Waals surface area contributed by atoms with Crippen LogP contribution >= 0.6 is 0 Å². The minimum atomic E-state index is -1.13. The van der Waals surface area contributed by atoms with Gasteiger partial charge in [0, 0.05) is 11.8 Å². The fourth-order valence-corrected chi connectivity index (χ4v) is 3.30. The van der Waals surface area contributed by atoms with Crippen LogP contribution in [0.25, 0.3) is 0 Å². The zero-order chi connectivity index (χ0) is 12.9. The third-order valence-electron chi connectivity index (χ3n) is 4.36. The van der Waals surface area contributed by atoms with Gasteiger partial charge in [0.05, 0.1) is 18.8 Å². The Bertz CT molecular complexity index is 318. The van der Waals surface area contributed by atoms with E-state index in [1.807, 2.05) is 13.8 Å². The number of hydrogen-bond acceptors (Lipinski definition) is 4. The van der Waals surface area contributed by atoms with E-state index in [4.69, 9.17) is 4.74 Å². The lowest BCUT2D eigenvalue weighted by atomic mass is 9.59. The Balaban J connectivity index is 2.39. The van der Waals surface area contributed by atoms with E-state index in [1.54, 1.807) is 19.1 Å². The molecule has 2 bridgehead atoms. The summed E-state index contributed by atoms with van der Waals surface area (Å²) in [4.78, 5) is 0. The molecule has 98 valence electrons. The van der Waals surface area contributed by atoms with Gasteiger partial charge in [0.15, 0.2) is 0 Å². The topological polar surface area (TPSA) is 69.9 Å². The van der Waals surface area contributed by atoms with Crippen molar-refractivity contribution in [1.29, 1.82) is 0 Å². The van der Waals surface area contributed by atoms with E-state index < -0.39 is 28.8 Å². The van der Waals surface area contributed by atoms with Gasteiger partial charge in [0.1, 0.15) is 11.2 Å². The number of hydrogen-bond donors (Lipinski definition) is 3. The molecule has 4 nitrogen and oxygen atoms in total. The van der Waals surface area contributed by atoms with Crippen molar-refractivity contribution in [3.8, 4) is 0 Å². The summed E-state index contributed by atoms with van der Waals surface area (Å²) in [7, 11) is 0. The molecule has 5 atom stereocenters. The molecular formula is C13H22O4. The van der Waals surface area contributed by atoms with E-state index in [-0.39, 0.29) is 0 Å². The van der Waals surface area contributed by atoms with Crippen LogP contribution in [0.3, 0.4) is 0 Å². The molecule has 4 heteroatoms. The lowest BCUT2D eigenvalue weighted by molar-refractivity contribution is -0.150. The predicted molar refractivity (Wildman–Crippen MR) is 63.5 cm³/mol. The van der Waals surface area contributed by atoms with Crippen LogP contribution in [0.15, 0.2) is 12.2 Å². The molecule has 2 rings (SSSR count). The van der Waals surface area contributed by atoms with E-state index >= 15 is 0 Å². The number of aliphatic hydroxyl groups is 3. The van der Waals surface area contributed by atoms with Crippen molar-refractivity contribution in [1.82, 2.24) is 0 Å². The van der Waals surface area contributed by atoms with Crippen LogP contribution in [0.2, 0.25) is 0 Å². The van der Waals surface area contributed by atoms with Crippen molar-refractivity contribution in [2.45, 2.75) is 57.0 Å². The smallest absolute Gasteiger partial charge is 0.119 e. The molecule has 0 spiro atoms. The number of fused-ring (bicyclic) bond motifs is 2. The minimum Gasteiger partial charge on any atom is -0.393 e. The van der Waals surface area contributed by atoms with Crippen LogP contribution in [0.5, 0.6) is 0 Å². The third-order valence-corrected chi connectivity index (χ3v) is 4.36. The summed E-state index contributed by atoms with van der Waals surface area (Å²) >= 11 is 0. The van der Waals surface area contributed by atoms with Gasteiger partial charge in [-0.25, -0.2) is 0 Å². The second kappa shape index (κ2) is 3.79. The molecular weight excluding hydrogens is 220 g/mol. The molecule has 0 unspecified atom stereocenters. The molecule has 2 fully saturated rings. The Morgan fingerprint density at radius 3 is 2.53 bits per heavy atom. The highest BCUT2D eigenvalue weighted by molar-refractivity contribution is 5.26. The Hall–Kier alpha value is -0.420. The van der Waals surface area contributed by atoms with Crippen LogP contribution < -0.4 is 0 Å². The Kier molecular flexibility index (Phi) is 2.90. The molecule has 0 radical (unpaired) electrons. The summed E-state index contributed by atoms with van der Waals surface area (Å²) in [5, 5.41) is 30.1. The van der Waals surface area contributed by atoms with Crippen LogP contribution in [0.4, 0.5) is 0 Å². The lowest BCUT2D eigenvalue weighted by Gasteiger charge is -2.49. The maximum Gasteiger partial charge on any atom is 0.119 e. The highest BCUT2D eigenvalue weighted by Gasteiger charge is 2.67. The first-order valence-corrected chi connectivity index (χ1v) is 6.14. The first kappa shape index (κ1) is 13.0. The molecule has 1 heterocycles. The Morgan fingerprint density at radius 1 is 1.35 bits per heavy atom. The first-order valence-electron chi connectivity index (χ1n) is 6.14. The summed E-state index contributed by atoms with van der Waals surface area (Å²) in [5.41, 5.74) is -2.40. The van der Waals surface area contributed by atoms with Crippen molar-refractivity contribution < 1.29 is 20.1 Å². The van der Waals surface area contributed by atoms with Crippen LogP contribution in [-0.4, -0.2) is 45.3 Å². The van der Waals surface area contributed by atoms with Crippen molar-refractivity contribution >= 4 is 0 Å². The van der Waals surface area contributed by atoms with Crippen molar-refractivity contribution in [3.05, 3.63) is 12.2 Å². The Morgan fingerprint density at radius 2 is 2.00 bits per heavy atom. The maximum atomic E-state index is 10.9. The molecule has 3 N–H and O–H groups in total. The quantitative estimate of drug-likeness (QED) is 0.620. The van der Waals surface area contributed by atoms with Crippen molar-refractivity contribution in [2.75, 3.05) is 6.61 Å². The second-order valence-electron chi connectivity index (χ2n) is 6.01. The van der Waals surface area contributed by atoms with Gasteiger partial charge in [-0.05, 0) is 20.3 Å². The SMILES string of the molecule is C[C@H](O)/C=C/[C@@]1(O)[C@@]2(C)CO[C@@]1(C)C[C@@H](O)C2. The van der Waals surface area contributed by atoms with E-state index in [9.17, 15) is 15.3 Å². The zero-order valence-corrected chi connectivity index (χ0v) is 10.7. The molecule has 0 aromatic carbocycles. The van der Waals surface area contributed by atoms with Crippen LogP contribution in [0, 0.1) is 5.41 Å². The molecule has 0 amide bonds. The summed E-state index contributed by atoms with van der Waals surface area (Å²) in [6.07, 6.45) is 3.14. The highest BCUT2D eigenvalue weighted by atomic mass is 16.5. The lowest BCUT2D eigenvalue weighted by Crippen LogP contribution is -2.61. The minimum absolute atomic E-state index is 0.420. The molecule has 1 saturated carbocycles. The summed E-state index contributed by atoms with van der Waals surface area (Å²) in [6, 6.07) is 0. The number of rotatable bonds is 2. The van der Waals surface area contributed by atoms with E-state index in [0.29, 0.717) is 19.4 Å². The van der Waals surface area contributed by atoms with Gasteiger partial charge < -0.3 is 20.1 Å². The largest absolute Gasteiger partial charge is 0.393 e. The van der Waals surface area contributed by atoms with Gasteiger partial charge in [-0.15, -0.1) is 0 Å². The average Bonchev–Trinajstić information content (AvgIpc) is 2.33. The van der Waals surface area contributed by atoms with Gasteiger partial charge >= 0.3 is 0 Å². The monoisotopic (exact) mass is 242 g/mol. The Labute approximate surface area is 102 Å². The summed E-state index contributed by atoms with van der Waals surface area (Å²) in [6.45, 7) is 5.83. The summed E-state index contributed by atoms with van der Waals surface area (Å²) in [5.74, 6) is 0. The van der Waals surface area contributed by atoms with Gasteiger partial charge in [-0.1, -0.05) is 19.1 Å². The van der Waals surface area contributed by atoms with E-state index in [2.05, 4.69) is 0 Å². The van der Waals surface area contributed by atoms with Crippen LogP contribution in [0.1, 0.15) is 33.6 Å². The highest BCUT2D eigenvalue weighted by Crippen LogP contribution is 2.57. The number of ether oxygens (including phenoxy) is 1. The van der Waals surface area contributed by atoms with Gasteiger partial charge in [0.25, 0.3) is 0 Å².